The van der Waals surface area contributed by atoms with Gasteiger partial charge in [0.05, 0.1) is 23.0 Å². The quantitative estimate of drug-likeness (QED) is 0.352. The summed E-state index contributed by atoms with van der Waals surface area (Å²) in [6.07, 6.45) is 3.24. The maximum absolute atomic E-state index is 12.4. The van der Waals surface area contributed by atoms with Gasteiger partial charge in [-0.3, -0.25) is 4.79 Å². The molecular formula is C20H16BrN5OS. The van der Waals surface area contributed by atoms with E-state index >= 15 is 0 Å². The monoisotopic (exact) mass is 453 g/mol. The Morgan fingerprint density at radius 2 is 2.00 bits per heavy atom. The lowest BCUT2D eigenvalue weighted by molar-refractivity contribution is -0.113. The minimum absolute atomic E-state index is 0.0855. The zero-order valence-electron chi connectivity index (χ0n) is 15.0. The van der Waals surface area contributed by atoms with Gasteiger partial charge < -0.3 is 5.32 Å². The highest BCUT2D eigenvalue weighted by atomic mass is 79.9. The van der Waals surface area contributed by atoms with Crippen molar-refractivity contribution >= 4 is 50.3 Å². The first-order valence-electron chi connectivity index (χ1n) is 8.55. The van der Waals surface area contributed by atoms with Crippen LogP contribution >= 0.6 is 27.7 Å². The number of amides is 1. The number of nitrogens with one attached hydrogen (secondary N) is 1. The minimum atomic E-state index is -0.0855. The number of hydrogen-bond acceptors (Lipinski definition) is 5. The van der Waals surface area contributed by atoms with Crippen LogP contribution in [-0.4, -0.2) is 31.4 Å². The zero-order valence-corrected chi connectivity index (χ0v) is 17.4. The number of thioether (sulfide) groups is 1. The van der Waals surface area contributed by atoms with Crippen molar-refractivity contribution in [3.8, 4) is 5.69 Å². The molecule has 0 spiro atoms. The molecule has 0 saturated carbocycles. The van der Waals surface area contributed by atoms with Gasteiger partial charge in [0.25, 0.3) is 0 Å². The van der Waals surface area contributed by atoms with Gasteiger partial charge in [-0.1, -0.05) is 45.9 Å². The molecule has 4 aromatic rings. The third-order valence-corrected chi connectivity index (χ3v) is 5.63. The van der Waals surface area contributed by atoms with E-state index in [9.17, 15) is 4.79 Å². The summed E-state index contributed by atoms with van der Waals surface area (Å²) in [7, 11) is 0. The molecule has 0 atom stereocenters. The van der Waals surface area contributed by atoms with Gasteiger partial charge in [-0.15, -0.1) is 0 Å². The van der Waals surface area contributed by atoms with Crippen LogP contribution in [0.2, 0.25) is 0 Å². The van der Waals surface area contributed by atoms with Crippen molar-refractivity contribution in [2.75, 3.05) is 11.1 Å². The number of anilines is 1. The Labute approximate surface area is 174 Å². The number of carbonyl (C=O) groups is 1. The number of halogens is 1. The fourth-order valence-electron chi connectivity index (χ4n) is 2.78. The first-order chi connectivity index (χ1) is 13.6. The normalized spacial score (nSPS) is 10.9. The van der Waals surface area contributed by atoms with E-state index in [0.717, 1.165) is 31.8 Å². The van der Waals surface area contributed by atoms with Gasteiger partial charge in [-0.2, -0.15) is 5.10 Å². The van der Waals surface area contributed by atoms with E-state index in [-0.39, 0.29) is 11.7 Å². The second kappa shape index (κ2) is 8.12. The molecule has 1 N–H and O–H groups in total. The molecule has 0 bridgehead atoms. The van der Waals surface area contributed by atoms with Crippen LogP contribution in [0.4, 0.5) is 5.69 Å². The zero-order chi connectivity index (χ0) is 19.5. The van der Waals surface area contributed by atoms with Gasteiger partial charge in [0.15, 0.2) is 5.65 Å². The van der Waals surface area contributed by atoms with Gasteiger partial charge in [-0.25, -0.2) is 14.6 Å². The van der Waals surface area contributed by atoms with E-state index in [4.69, 9.17) is 0 Å². The van der Waals surface area contributed by atoms with Crippen LogP contribution in [0.25, 0.3) is 16.7 Å². The summed E-state index contributed by atoms with van der Waals surface area (Å²) < 4.78 is 2.75. The van der Waals surface area contributed by atoms with Crippen LogP contribution in [0, 0.1) is 6.92 Å². The van der Waals surface area contributed by atoms with Crippen LogP contribution in [0.5, 0.6) is 0 Å². The third kappa shape index (κ3) is 3.93. The van der Waals surface area contributed by atoms with E-state index in [2.05, 4.69) is 36.3 Å². The molecule has 140 valence electrons. The predicted molar refractivity (Wildman–Crippen MR) is 115 cm³/mol. The predicted octanol–water partition coefficient (Wildman–Crippen LogP) is 4.62. The Morgan fingerprint density at radius 3 is 2.79 bits per heavy atom. The molecule has 0 aliphatic rings. The molecule has 4 rings (SSSR count). The summed E-state index contributed by atoms with van der Waals surface area (Å²) in [5.41, 5.74) is 3.45. The largest absolute Gasteiger partial charge is 0.325 e. The topological polar surface area (TPSA) is 72.7 Å². The van der Waals surface area contributed by atoms with Crippen molar-refractivity contribution in [2.24, 2.45) is 0 Å². The number of carbonyl (C=O) groups excluding carboxylic acids is 1. The lowest BCUT2D eigenvalue weighted by Crippen LogP contribution is -2.15. The summed E-state index contributed by atoms with van der Waals surface area (Å²) >= 11 is 4.80. The maximum atomic E-state index is 12.4. The fraction of sp³-hybridized carbons (Fsp3) is 0.100. The number of fused-ring (bicyclic) bond motifs is 1. The lowest BCUT2D eigenvalue weighted by atomic mass is 10.2. The SMILES string of the molecule is Cc1cc(Br)ccc1NC(=O)CSc1ncnc2c1cnn2-c1ccccc1. The molecule has 28 heavy (non-hydrogen) atoms. The highest BCUT2D eigenvalue weighted by Crippen LogP contribution is 2.26. The first kappa shape index (κ1) is 18.6. The van der Waals surface area contributed by atoms with Crippen LogP contribution in [0.3, 0.4) is 0 Å². The van der Waals surface area contributed by atoms with Crippen molar-refractivity contribution in [1.82, 2.24) is 19.7 Å². The van der Waals surface area contributed by atoms with E-state index < -0.39 is 0 Å². The lowest BCUT2D eigenvalue weighted by Gasteiger charge is -2.08. The number of aromatic nitrogens is 4. The standard InChI is InChI=1S/C20H16BrN5OS/c1-13-9-14(21)7-8-17(13)25-18(27)11-28-20-16-10-24-26(19(16)22-12-23-20)15-5-3-2-4-6-15/h2-10,12H,11H2,1H3,(H,25,27). The van der Waals surface area contributed by atoms with Gasteiger partial charge in [-0.05, 0) is 42.8 Å². The summed E-state index contributed by atoms with van der Waals surface area (Å²) in [6, 6.07) is 15.6. The Morgan fingerprint density at radius 1 is 1.18 bits per heavy atom. The molecule has 0 aliphatic carbocycles. The molecule has 0 unspecified atom stereocenters. The van der Waals surface area contributed by atoms with E-state index in [1.807, 2.05) is 55.5 Å². The molecule has 1 amide bonds. The highest BCUT2D eigenvalue weighted by molar-refractivity contribution is 9.10. The molecule has 2 heterocycles. The van der Waals surface area contributed by atoms with Crippen molar-refractivity contribution in [2.45, 2.75) is 11.9 Å². The van der Waals surface area contributed by atoms with Gasteiger partial charge in [0.2, 0.25) is 5.91 Å². The molecule has 2 aromatic carbocycles. The summed E-state index contributed by atoms with van der Waals surface area (Å²) in [6.45, 7) is 1.96. The van der Waals surface area contributed by atoms with Gasteiger partial charge >= 0.3 is 0 Å². The third-order valence-electron chi connectivity index (χ3n) is 4.13. The molecule has 0 radical (unpaired) electrons. The second-order valence-corrected chi connectivity index (χ2v) is 7.98. The maximum Gasteiger partial charge on any atom is 0.234 e. The number of benzene rings is 2. The number of hydrogen-bond donors (Lipinski definition) is 1. The minimum Gasteiger partial charge on any atom is -0.325 e. The Hall–Kier alpha value is -2.71. The molecule has 6 nitrogen and oxygen atoms in total. The highest BCUT2D eigenvalue weighted by Gasteiger charge is 2.13. The smallest absolute Gasteiger partial charge is 0.234 e. The van der Waals surface area contributed by atoms with E-state index in [0.29, 0.717) is 5.65 Å². The summed E-state index contributed by atoms with van der Waals surface area (Å²) in [5, 5.41) is 8.93. The van der Waals surface area contributed by atoms with Crippen molar-refractivity contribution in [1.29, 1.82) is 0 Å². The Kier molecular flexibility index (Phi) is 5.40. The van der Waals surface area contributed by atoms with E-state index in [1.165, 1.54) is 18.1 Å². The van der Waals surface area contributed by atoms with Crippen LogP contribution < -0.4 is 5.32 Å². The van der Waals surface area contributed by atoms with Crippen molar-refractivity contribution in [3.05, 3.63) is 71.1 Å². The Bertz CT molecular complexity index is 1150. The van der Waals surface area contributed by atoms with Crippen molar-refractivity contribution in [3.63, 3.8) is 0 Å². The summed E-state index contributed by atoms with van der Waals surface area (Å²) in [4.78, 5) is 21.1. The molecule has 0 aliphatic heterocycles. The van der Waals surface area contributed by atoms with Crippen LogP contribution in [-0.2, 0) is 4.79 Å². The average Bonchev–Trinajstić information content (AvgIpc) is 3.14. The fourth-order valence-corrected chi connectivity index (χ4v) is 4.02. The van der Waals surface area contributed by atoms with E-state index in [1.54, 1.807) is 10.9 Å². The van der Waals surface area contributed by atoms with Crippen LogP contribution in [0.1, 0.15) is 5.56 Å². The van der Waals surface area contributed by atoms with Gasteiger partial charge in [0, 0.05) is 10.2 Å². The van der Waals surface area contributed by atoms with Crippen molar-refractivity contribution < 1.29 is 4.79 Å². The average molecular weight is 454 g/mol. The first-order valence-corrected chi connectivity index (χ1v) is 10.3. The number of rotatable bonds is 5. The van der Waals surface area contributed by atoms with Gasteiger partial charge in [0.1, 0.15) is 11.4 Å². The summed E-state index contributed by atoms with van der Waals surface area (Å²) in [5.74, 6) is 0.163. The number of aryl methyl sites for hydroxylation is 1. The molecule has 8 heteroatoms. The van der Waals surface area contributed by atoms with Crippen LogP contribution in [0.15, 0.2) is 70.6 Å². The number of nitrogens with zero attached hydrogens (tertiary/aromatic N) is 4. The Balaban J connectivity index is 1.51. The molecular weight excluding hydrogens is 438 g/mol. The second-order valence-electron chi connectivity index (χ2n) is 6.10. The molecule has 0 saturated heterocycles. The number of para-hydroxylation sites is 1. The molecule has 2 aromatic heterocycles. The molecule has 0 fully saturated rings.